The second kappa shape index (κ2) is 13.9. The minimum Gasteiger partial charge on any atom is -0.342 e. The smallest absolute Gasteiger partial charge is 0.226 e. The SMILES string of the molecule is C.C/C=C\C.CC.NCc1cccc(CC(=O)N2CCC3(CCc4ccccc43)CC2)c1. The lowest BCUT2D eigenvalue weighted by molar-refractivity contribution is -0.132. The van der Waals surface area contributed by atoms with Crippen molar-refractivity contribution in [2.75, 3.05) is 13.1 Å². The minimum absolute atomic E-state index is 0. The monoisotopic (exact) mass is 436 g/mol. The van der Waals surface area contributed by atoms with Gasteiger partial charge in [0.1, 0.15) is 0 Å². The van der Waals surface area contributed by atoms with Crippen molar-refractivity contribution in [3.05, 3.63) is 82.9 Å². The standard InChI is InChI=1S/C22H26N2O.C4H8.C2H6.CH4/c23-16-18-5-3-4-17(14-18)15-21(25)24-12-10-22(11-13-24)9-8-19-6-1-2-7-20(19)22;1-3-4-2;1-2;/h1-7,14H,8-13,15-16,23H2;3-4H,1-2H3;1-2H3;1H4/b;4-3-;;. The Bertz CT molecular complexity index is 844. The van der Waals surface area contributed by atoms with Crippen molar-refractivity contribution in [1.82, 2.24) is 4.90 Å². The summed E-state index contributed by atoms with van der Waals surface area (Å²) in [6.45, 7) is 10.3. The average Bonchev–Trinajstić information content (AvgIpc) is 3.19. The predicted molar refractivity (Wildman–Crippen MR) is 139 cm³/mol. The van der Waals surface area contributed by atoms with Gasteiger partial charge in [0.2, 0.25) is 5.91 Å². The molecule has 1 amide bonds. The van der Waals surface area contributed by atoms with E-state index in [0.717, 1.165) is 37.1 Å². The van der Waals surface area contributed by atoms with Gasteiger partial charge < -0.3 is 10.6 Å². The second-order valence-electron chi connectivity index (χ2n) is 8.19. The number of nitrogens with two attached hydrogens (primary N) is 1. The quantitative estimate of drug-likeness (QED) is 0.563. The maximum absolute atomic E-state index is 12.7. The zero-order valence-electron chi connectivity index (χ0n) is 19.9. The summed E-state index contributed by atoms with van der Waals surface area (Å²) in [4.78, 5) is 14.8. The Morgan fingerprint density at radius 2 is 1.59 bits per heavy atom. The molecule has 176 valence electrons. The van der Waals surface area contributed by atoms with E-state index in [0.29, 0.717) is 18.4 Å². The zero-order valence-corrected chi connectivity index (χ0v) is 19.9. The van der Waals surface area contributed by atoms with Crippen LogP contribution in [0.2, 0.25) is 0 Å². The van der Waals surface area contributed by atoms with Crippen LogP contribution in [-0.4, -0.2) is 23.9 Å². The first-order valence-electron chi connectivity index (χ1n) is 11.8. The van der Waals surface area contributed by atoms with Crippen molar-refractivity contribution in [3.63, 3.8) is 0 Å². The Balaban J connectivity index is 0.000000662. The fourth-order valence-electron chi connectivity index (χ4n) is 4.62. The van der Waals surface area contributed by atoms with Crippen LogP contribution in [0.1, 0.15) is 76.6 Å². The Labute approximate surface area is 196 Å². The molecule has 1 spiro atoms. The number of fused-ring (bicyclic) bond motifs is 2. The molecular formula is C29H44N2O. The number of hydrogen-bond acceptors (Lipinski definition) is 2. The van der Waals surface area contributed by atoms with E-state index < -0.39 is 0 Å². The molecule has 0 unspecified atom stereocenters. The number of nitrogens with zero attached hydrogens (tertiary/aromatic N) is 1. The van der Waals surface area contributed by atoms with Crippen molar-refractivity contribution in [1.29, 1.82) is 0 Å². The van der Waals surface area contributed by atoms with Crippen LogP contribution in [-0.2, 0) is 29.6 Å². The van der Waals surface area contributed by atoms with Gasteiger partial charge in [-0.1, -0.05) is 82.0 Å². The molecular weight excluding hydrogens is 392 g/mol. The van der Waals surface area contributed by atoms with Crippen molar-refractivity contribution in [3.8, 4) is 0 Å². The van der Waals surface area contributed by atoms with Gasteiger partial charge in [0.15, 0.2) is 0 Å². The summed E-state index contributed by atoms with van der Waals surface area (Å²) in [6, 6.07) is 17.0. The third-order valence-electron chi connectivity index (χ3n) is 6.45. The van der Waals surface area contributed by atoms with Gasteiger partial charge >= 0.3 is 0 Å². The second-order valence-corrected chi connectivity index (χ2v) is 8.19. The summed E-state index contributed by atoms with van der Waals surface area (Å²) in [7, 11) is 0. The highest BCUT2D eigenvalue weighted by Gasteiger charge is 2.41. The molecule has 0 bridgehead atoms. The topological polar surface area (TPSA) is 46.3 Å². The number of allylic oxidation sites excluding steroid dienone is 2. The van der Waals surface area contributed by atoms with E-state index in [1.54, 1.807) is 0 Å². The van der Waals surface area contributed by atoms with Crippen LogP contribution < -0.4 is 5.73 Å². The highest BCUT2D eigenvalue weighted by Crippen LogP contribution is 2.46. The van der Waals surface area contributed by atoms with Gasteiger partial charge in [0.25, 0.3) is 0 Å². The van der Waals surface area contributed by atoms with Gasteiger partial charge in [-0.05, 0) is 67.2 Å². The molecule has 1 fully saturated rings. The van der Waals surface area contributed by atoms with Crippen LogP contribution >= 0.6 is 0 Å². The van der Waals surface area contributed by atoms with Crippen LogP contribution in [0.25, 0.3) is 0 Å². The Hall–Kier alpha value is -2.39. The lowest BCUT2D eigenvalue weighted by atomic mass is 9.74. The number of piperidine rings is 1. The molecule has 0 atom stereocenters. The molecule has 0 aromatic heterocycles. The van der Waals surface area contributed by atoms with Gasteiger partial charge in [-0.2, -0.15) is 0 Å². The van der Waals surface area contributed by atoms with Gasteiger partial charge in [-0.25, -0.2) is 0 Å². The number of rotatable bonds is 3. The molecule has 2 aliphatic rings. The fraction of sp³-hybridized carbons (Fsp3) is 0.483. The molecule has 2 N–H and O–H groups in total. The highest BCUT2D eigenvalue weighted by atomic mass is 16.2. The van der Waals surface area contributed by atoms with Gasteiger partial charge in [-0.3, -0.25) is 4.79 Å². The number of aryl methyl sites for hydroxylation is 1. The fourth-order valence-corrected chi connectivity index (χ4v) is 4.62. The van der Waals surface area contributed by atoms with Gasteiger partial charge in [0, 0.05) is 19.6 Å². The van der Waals surface area contributed by atoms with Crippen LogP contribution in [0, 0.1) is 0 Å². The Morgan fingerprint density at radius 3 is 2.22 bits per heavy atom. The third-order valence-corrected chi connectivity index (χ3v) is 6.45. The van der Waals surface area contributed by atoms with Crippen molar-refractivity contribution >= 4 is 5.91 Å². The average molecular weight is 437 g/mol. The minimum atomic E-state index is 0. The first-order chi connectivity index (χ1) is 15.1. The van der Waals surface area contributed by atoms with Crippen LogP contribution in [0.15, 0.2) is 60.7 Å². The summed E-state index contributed by atoms with van der Waals surface area (Å²) in [6.07, 6.45) is 9.11. The van der Waals surface area contributed by atoms with Crippen LogP contribution in [0.4, 0.5) is 0 Å². The highest BCUT2D eigenvalue weighted by molar-refractivity contribution is 5.79. The summed E-state index contributed by atoms with van der Waals surface area (Å²) in [5.74, 6) is 0.246. The number of amides is 1. The van der Waals surface area contributed by atoms with Crippen molar-refractivity contribution < 1.29 is 4.79 Å². The molecule has 0 radical (unpaired) electrons. The van der Waals surface area contributed by atoms with Crippen molar-refractivity contribution in [2.45, 2.75) is 79.2 Å². The summed E-state index contributed by atoms with van der Waals surface area (Å²) in [5, 5.41) is 0. The molecule has 32 heavy (non-hydrogen) atoms. The molecule has 1 saturated heterocycles. The maximum Gasteiger partial charge on any atom is 0.226 e. The van der Waals surface area contributed by atoms with E-state index in [2.05, 4.69) is 35.2 Å². The molecule has 3 nitrogen and oxygen atoms in total. The lowest BCUT2D eigenvalue weighted by Crippen LogP contribution is -2.44. The van der Waals surface area contributed by atoms with E-state index in [-0.39, 0.29) is 13.3 Å². The largest absolute Gasteiger partial charge is 0.342 e. The molecule has 2 aromatic rings. The molecule has 2 aromatic carbocycles. The molecule has 4 rings (SSSR count). The summed E-state index contributed by atoms with van der Waals surface area (Å²) < 4.78 is 0. The lowest BCUT2D eigenvalue weighted by Gasteiger charge is -2.40. The van der Waals surface area contributed by atoms with E-state index >= 15 is 0 Å². The third kappa shape index (κ3) is 6.80. The number of carbonyl (C=O) groups excluding carboxylic acids is 1. The number of likely N-dealkylation sites (tertiary alicyclic amines) is 1. The summed E-state index contributed by atoms with van der Waals surface area (Å²) in [5.41, 5.74) is 11.2. The van der Waals surface area contributed by atoms with Crippen molar-refractivity contribution in [2.24, 2.45) is 5.73 Å². The zero-order chi connectivity index (χ0) is 22.7. The Kier molecular flexibility index (Phi) is 12.0. The number of benzene rings is 2. The van der Waals surface area contributed by atoms with E-state index in [4.69, 9.17) is 5.73 Å². The normalized spacial score (nSPS) is 15.7. The van der Waals surface area contributed by atoms with E-state index in [9.17, 15) is 4.79 Å². The molecule has 1 aliphatic heterocycles. The maximum atomic E-state index is 12.7. The Morgan fingerprint density at radius 1 is 0.969 bits per heavy atom. The predicted octanol–water partition coefficient (Wildman–Crippen LogP) is 6.44. The molecule has 3 heteroatoms. The van der Waals surface area contributed by atoms with Crippen LogP contribution in [0.5, 0.6) is 0 Å². The van der Waals surface area contributed by atoms with Gasteiger partial charge in [-0.15, -0.1) is 0 Å². The molecule has 1 heterocycles. The number of carbonyl (C=O) groups is 1. The number of hydrogen-bond donors (Lipinski definition) is 1. The van der Waals surface area contributed by atoms with E-state index in [1.165, 1.54) is 24.0 Å². The first kappa shape index (κ1) is 27.6. The van der Waals surface area contributed by atoms with Crippen LogP contribution in [0.3, 0.4) is 0 Å². The molecule has 0 saturated carbocycles. The van der Waals surface area contributed by atoms with Gasteiger partial charge in [0.05, 0.1) is 6.42 Å². The molecule has 1 aliphatic carbocycles. The summed E-state index contributed by atoms with van der Waals surface area (Å²) >= 11 is 0. The van der Waals surface area contributed by atoms with E-state index in [1.807, 2.05) is 58.0 Å². The first-order valence-corrected chi connectivity index (χ1v) is 11.8.